The summed E-state index contributed by atoms with van der Waals surface area (Å²) in [6, 6.07) is 0. The fourth-order valence-electron chi connectivity index (χ4n) is 2.66. The Kier molecular flexibility index (Phi) is 3.87. The number of halogens is 1. The molecule has 0 aromatic heterocycles. The second kappa shape index (κ2) is 4.30. The lowest BCUT2D eigenvalue weighted by atomic mass is 9.55. The first-order valence-electron chi connectivity index (χ1n) is 5.17. The monoisotopic (exact) mass is 280 g/mol. The predicted molar refractivity (Wildman–Crippen MR) is 63.8 cm³/mol. The Labute approximate surface area is 90.6 Å². The Balaban J connectivity index is 2.36. The van der Waals surface area contributed by atoms with Crippen molar-refractivity contribution in [2.45, 2.75) is 46.5 Å². The van der Waals surface area contributed by atoms with Crippen LogP contribution < -0.4 is 0 Å². The highest BCUT2D eigenvalue weighted by atomic mass is 127. The van der Waals surface area contributed by atoms with E-state index in [0.717, 1.165) is 11.8 Å². The maximum atomic E-state index is 2.55. The number of alkyl halides is 1. The van der Waals surface area contributed by atoms with Gasteiger partial charge < -0.3 is 0 Å². The van der Waals surface area contributed by atoms with Gasteiger partial charge in [0.25, 0.3) is 0 Å². The summed E-state index contributed by atoms with van der Waals surface area (Å²) in [7, 11) is 0. The Morgan fingerprint density at radius 1 is 1.42 bits per heavy atom. The molecular formula is C11H21I. The maximum absolute atomic E-state index is 2.55. The molecule has 0 heterocycles. The highest BCUT2D eigenvalue weighted by Gasteiger charge is 2.45. The molecule has 2 unspecified atom stereocenters. The average molecular weight is 280 g/mol. The van der Waals surface area contributed by atoms with Gasteiger partial charge in [0.15, 0.2) is 0 Å². The molecule has 1 rings (SSSR count). The van der Waals surface area contributed by atoms with Gasteiger partial charge in [0.05, 0.1) is 0 Å². The van der Waals surface area contributed by atoms with Crippen LogP contribution in [0.2, 0.25) is 0 Å². The minimum absolute atomic E-state index is 0.658. The summed E-state index contributed by atoms with van der Waals surface area (Å²) in [4.78, 5) is 0. The van der Waals surface area contributed by atoms with E-state index < -0.39 is 0 Å². The molecule has 0 amide bonds. The number of hydrogen-bond acceptors (Lipinski definition) is 0. The van der Waals surface area contributed by atoms with Gasteiger partial charge in [-0.25, -0.2) is 0 Å². The summed E-state index contributed by atoms with van der Waals surface area (Å²) >= 11 is 2.55. The van der Waals surface area contributed by atoms with Crippen molar-refractivity contribution in [2.24, 2.45) is 17.3 Å². The molecule has 1 heteroatoms. The fraction of sp³-hybridized carbons (Fsp3) is 1.00. The molecule has 0 N–H and O–H groups in total. The molecule has 0 spiro atoms. The van der Waals surface area contributed by atoms with Gasteiger partial charge in [-0.05, 0) is 30.1 Å². The largest absolute Gasteiger partial charge is 0.0861 e. The molecule has 1 fully saturated rings. The third-order valence-corrected chi connectivity index (χ3v) is 4.56. The van der Waals surface area contributed by atoms with E-state index in [1.54, 1.807) is 0 Å². The van der Waals surface area contributed by atoms with Gasteiger partial charge >= 0.3 is 0 Å². The van der Waals surface area contributed by atoms with E-state index in [2.05, 4.69) is 43.4 Å². The third-order valence-electron chi connectivity index (χ3n) is 3.43. The van der Waals surface area contributed by atoms with Gasteiger partial charge in [-0.1, -0.05) is 56.2 Å². The van der Waals surface area contributed by atoms with Gasteiger partial charge in [-0.15, -0.1) is 0 Å². The second-order valence-corrected chi connectivity index (χ2v) is 5.74. The Morgan fingerprint density at radius 3 is 2.50 bits per heavy atom. The zero-order chi connectivity index (χ0) is 9.19. The summed E-state index contributed by atoms with van der Waals surface area (Å²) in [5.41, 5.74) is 0.658. The highest BCUT2D eigenvalue weighted by molar-refractivity contribution is 14.1. The van der Waals surface area contributed by atoms with E-state index in [4.69, 9.17) is 0 Å². The minimum Gasteiger partial charge on any atom is -0.0861 e. The van der Waals surface area contributed by atoms with Crippen molar-refractivity contribution in [3.8, 4) is 0 Å². The highest BCUT2D eigenvalue weighted by Crippen LogP contribution is 2.53. The van der Waals surface area contributed by atoms with E-state index in [1.165, 1.54) is 30.1 Å². The SMILES string of the molecule is CCCCC1C(CI)CC1(C)C. The molecule has 0 aromatic carbocycles. The standard InChI is InChI=1S/C11H21I/c1-4-5-6-10-9(8-12)7-11(10,2)3/h9-10H,4-8H2,1-3H3. The Hall–Kier alpha value is 0.730. The van der Waals surface area contributed by atoms with E-state index in [9.17, 15) is 0 Å². The van der Waals surface area contributed by atoms with E-state index in [1.807, 2.05) is 0 Å². The summed E-state index contributed by atoms with van der Waals surface area (Å²) < 4.78 is 1.37. The average Bonchev–Trinajstić information content (AvgIpc) is 2.01. The van der Waals surface area contributed by atoms with Crippen molar-refractivity contribution >= 4 is 22.6 Å². The first-order chi connectivity index (χ1) is 5.61. The van der Waals surface area contributed by atoms with Crippen LogP contribution in [-0.2, 0) is 0 Å². The molecule has 0 nitrogen and oxygen atoms in total. The summed E-state index contributed by atoms with van der Waals surface area (Å²) in [5.74, 6) is 2.06. The molecule has 0 radical (unpaired) electrons. The number of unbranched alkanes of at least 4 members (excludes halogenated alkanes) is 1. The van der Waals surface area contributed by atoms with Crippen molar-refractivity contribution in [3.63, 3.8) is 0 Å². The Morgan fingerprint density at radius 2 is 2.08 bits per heavy atom. The molecule has 0 aliphatic heterocycles. The number of hydrogen-bond donors (Lipinski definition) is 0. The van der Waals surface area contributed by atoms with Crippen LogP contribution in [0.15, 0.2) is 0 Å². The first kappa shape index (κ1) is 10.8. The van der Waals surface area contributed by atoms with E-state index in [-0.39, 0.29) is 0 Å². The van der Waals surface area contributed by atoms with Crippen LogP contribution in [0.5, 0.6) is 0 Å². The van der Waals surface area contributed by atoms with Gasteiger partial charge in [-0.2, -0.15) is 0 Å². The third kappa shape index (κ3) is 2.15. The smallest absolute Gasteiger partial charge is 0.00267 e. The maximum Gasteiger partial charge on any atom is 0.00267 e. The summed E-state index contributed by atoms with van der Waals surface area (Å²) in [6.45, 7) is 7.18. The zero-order valence-corrected chi connectivity index (χ0v) is 10.7. The molecule has 1 saturated carbocycles. The predicted octanol–water partition coefficient (Wildman–Crippen LogP) is 4.27. The lowest BCUT2D eigenvalue weighted by Gasteiger charge is -2.51. The Bertz CT molecular complexity index is 140. The topological polar surface area (TPSA) is 0 Å². The molecule has 1 aliphatic rings. The minimum atomic E-state index is 0.658. The molecule has 0 saturated heterocycles. The van der Waals surface area contributed by atoms with Crippen LogP contribution in [0.25, 0.3) is 0 Å². The summed E-state index contributed by atoms with van der Waals surface area (Å²) in [6.07, 6.45) is 5.73. The summed E-state index contributed by atoms with van der Waals surface area (Å²) in [5, 5.41) is 0. The van der Waals surface area contributed by atoms with Gasteiger partial charge in [0, 0.05) is 4.43 Å². The number of rotatable bonds is 4. The van der Waals surface area contributed by atoms with Crippen molar-refractivity contribution in [2.75, 3.05) is 4.43 Å². The van der Waals surface area contributed by atoms with Crippen molar-refractivity contribution in [3.05, 3.63) is 0 Å². The quantitative estimate of drug-likeness (QED) is 0.533. The van der Waals surface area contributed by atoms with Crippen LogP contribution in [0.3, 0.4) is 0 Å². The molecule has 12 heavy (non-hydrogen) atoms. The van der Waals surface area contributed by atoms with Crippen molar-refractivity contribution < 1.29 is 0 Å². The van der Waals surface area contributed by atoms with Crippen LogP contribution in [0.1, 0.15) is 46.5 Å². The fourth-order valence-corrected chi connectivity index (χ4v) is 3.58. The van der Waals surface area contributed by atoms with Crippen LogP contribution >= 0.6 is 22.6 Å². The van der Waals surface area contributed by atoms with E-state index in [0.29, 0.717) is 5.41 Å². The molecular weight excluding hydrogens is 259 g/mol. The van der Waals surface area contributed by atoms with Crippen LogP contribution in [-0.4, -0.2) is 4.43 Å². The van der Waals surface area contributed by atoms with Gasteiger partial charge in [-0.3, -0.25) is 0 Å². The zero-order valence-electron chi connectivity index (χ0n) is 8.57. The van der Waals surface area contributed by atoms with Gasteiger partial charge in [0.1, 0.15) is 0 Å². The van der Waals surface area contributed by atoms with E-state index >= 15 is 0 Å². The second-order valence-electron chi connectivity index (χ2n) is 4.86. The van der Waals surface area contributed by atoms with Crippen molar-refractivity contribution in [1.29, 1.82) is 0 Å². The van der Waals surface area contributed by atoms with Crippen LogP contribution in [0, 0.1) is 17.3 Å². The van der Waals surface area contributed by atoms with Crippen LogP contribution in [0.4, 0.5) is 0 Å². The normalized spacial score (nSPS) is 33.0. The molecule has 0 bridgehead atoms. The van der Waals surface area contributed by atoms with Gasteiger partial charge in [0.2, 0.25) is 0 Å². The molecule has 72 valence electrons. The molecule has 0 aromatic rings. The van der Waals surface area contributed by atoms with Crippen molar-refractivity contribution in [1.82, 2.24) is 0 Å². The lowest BCUT2D eigenvalue weighted by Crippen LogP contribution is -2.44. The lowest BCUT2D eigenvalue weighted by molar-refractivity contribution is -0.00278. The molecule has 2 atom stereocenters. The molecule has 1 aliphatic carbocycles. The first-order valence-corrected chi connectivity index (χ1v) is 6.70.